The summed E-state index contributed by atoms with van der Waals surface area (Å²) in [6, 6.07) is 0. The Morgan fingerprint density at radius 3 is 2.40 bits per heavy atom. The van der Waals surface area contributed by atoms with Crippen molar-refractivity contribution in [3.63, 3.8) is 0 Å². The van der Waals surface area contributed by atoms with Gasteiger partial charge in [0.2, 0.25) is 0 Å². The third-order valence-corrected chi connectivity index (χ3v) is 1.79. The van der Waals surface area contributed by atoms with Gasteiger partial charge in [0.25, 0.3) is 0 Å². The van der Waals surface area contributed by atoms with Crippen molar-refractivity contribution in [3.8, 4) is 11.8 Å². The predicted molar refractivity (Wildman–Crippen MR) is 40.7 cm³/mol. The summed E-state index contributed by atoms with van der Waals surface area (Å²) in [4.78, 5) is 2.19. The van der Waals surface area contributed by atoms with Crippen LogP contribution in [0, 0.1) is 11.8 Å². The minimum absolute atomic E-state index is 0.149. The number of hydrogen-bond acceptors (Lipinski definition) is 2. The van der Waals surface area contributed by atoms with Crippen LogP contribution in [-0.2, 0) is 4.74 Å². The molecule has 1 aliphatic rings. The Morgan fingerprint density at radius 2 is 2.10 bits per heavy atom. The summed E-state index contributed by atoms with van der Waals surface area (Å²) in [6.07, 6.45) is 0. The van der Waals surface area contributed by atoms with Crippen LogP contribution in [0.2, 0.25) is 0 Å². The van der Waals surface area contributed by atoms with Crippen LogP contribution in [0.4, 0.5) is 0 Å². The van der Waals surface area contributed by atoms with Crippen LogP contribution in [0.1, 0.15) is 6.92 Å². The molecule has 0 N–H and O–H groups in total. The van der Waals surface area contributed by atoms with Crippen LogP contribution >= 0.6 is 0 Å². The van der Waals surface area contributed by atoms with Crippen molar-refractivity contribution in [1.29, 1.82) is 0 Å². The lowest BCUT2D eigenvalue weighted by atomic mass is 9.95. The summed E-state index contributed by atoms with van der Waals surface area (Å²) in [6.45, 7) is 3.72. The Balaban J connectivity index is 2.53. The minimum Gasteiger partial charge on any atom is -0.363 e. The molecule has 0 spiro atoms. The molecule has 0 aromatic heterocycles. The number of nitrogens with zero attached hydrogens (tertiary/aromatic N) is 1. The molecule has 0 aliphatic carbocycles. The number of likely N-dealkylation sites (N-methyl/N-ethyl adjacent to an activating group) is 1. The summed E-state index contributed by atoms with van der Waals surface area (Å²) in [7, 11) is 3.78. The lowest BCUT2D eigenvalue weighted by molar-refractivity contribution is -0.0706. The van der Waals surface area contributed by atoms with Gasteiger partial charge in [0.1, 0.15) is 0 Å². The summed E-state index contributed by atoms with van der Waals surface area (Å²) in [5, 5.41) is 0. The van der Waals surface area contributed by atoms with E-state index in [0.29, 0.717) is 0 Å². The topological polar surface area (TPSA) is 12.5 Å². The van der Waals surface area contributed by atoms with Crippen LogP contribution in [0.3, 0.4) is 0 Å². The first-order valence-electron chi connectivity index (χ1n) is 3.40. The van der Waals surface area contributed by atoms with Gasteiger partial charge >= 0.3 is 0 Å². The van der Waals surface area contributed by atoms with E-state index in [9.17, 15) is 0 Å². The highest BCUT2D eigenvalue weighted by Crippen LogP contribution is 2.21. The normalized spacial score (nSPS) is 22.7. The number of methoxy groups -OCH3 is 1. The Kier molecular flexibility index (Phi) is 1.98. The molecule has 0 unspecified atom stereocenters. The molecule has 1 rings (SSSR count). The van der Waals surface area contributed by atoms with Crippen LogP contribution in [0.15, 0.2) is 0 Å². The zero-order valence-corrected chi connectivity index (χ0v) is 6.77. The maximum atomic E-state index is 5.27. The molecule has 1 aliphatic heterocycles. The minimum atomic E-state index is -0.149. The van der Waals surface area contributed by atoms with Gasteiger partial charge in [-0.15, -0.1) is 5.92 Å². The smallest absolute Gasteiger partial charge is 0.153 e. The third-order valence-electron chi connectivity index (χ3n) is 1.79. The lowest BCUT2D eigenvalue weighted by Gasteiger charge is -2.43. The zero-order valence-electron chi connectivity index (χ0n) is 6.77. The van der Waals surface area contributed by atoms with Crippen molar-refractivity contribution < 1.29 is 4.74 Å². The first-order chi connectivity index (χ1) is 4.72. The van der Waals surface area contributed by atoms with Crippen molar-refractivity contribution >= 4 is 0 Å². The number of hydrogen-bond donors (Lipinski definition) is 0. The third kappa shape index (κ3) is 1.16. The van der Waals surface area contributed by atoms with Crippen LogP contribution in [0.25, 0.3) is 0 Å². The van der Waals surface area contributed by atoms with Crippen molar-refractivity contribution in [2.75, 3.05) is 27.2 Å². The van der Waals surface area contributed by atoms with Gasteiger partial charge in [-0.05, 0) is 14.0 Å². The summed E-state index contributed by atoms with van der Waals surface area (Å²) >= 11 is 0. The molecule has 2 nitrogen and oxygen atoms in total. The molecular formula is C8H13NO. The highest BCUT2D eigenvalue weighted by atomic mass is 16.5. The second-order valence-corrected chi connectivity index (χ2v) is 2.75. The average molecular weight is 139 g/mol. The molecule has 10 heavy (non-hydrogen) atoms. The van der Waals surface area contributed by atoms with E-state index in [1.54, 1.807) is 7.11 Å². The van der Waals surface area contributed by atoms with E-state index in [4.69, 9.17) is 4.74 Å². The molecule has 1 saturated heterocycles. The van der Waals surface area contributed by atoms with Crippen LogP contribution in [-0.4, -0.2) is 37.7 Å². The molecule has 0 aromatic rings. The number of likely N-dealkylation sites (tertiary alicyclic amines) is 1. The number of rotatable bonds is 1. The van der Waals surface area contributed by atoms with Crippen molar-refractivity contribution in [3.05, 3.63) is 0 Å². The van der Waals surface area contributed by atoms with Gasteiger partial charge in [0.15, 0.2) is 5.60 Å². The predicted octanol–water partition coefficient (Wildman–Crippen LogP) is 0.340. The van der Waals surface area contributed by atoms with E-state index in [1.807, 2.05) is 6.92 Å². The second kappa shape index (κ2) is 2.61. The molecule has 0 amide bonds. The van der Waals surface area contributed by atoms with Gasteiger partial charge < -0.3 is 4.74 Å². The Morgan fingerprint density at radius 1 is 1.50 bits per heavy atom. The maximum Gasteiger partial charge on any atom is 0.153 e. The summed E-state index contributed by atoms with van der Waals surface area (Å²) in [5.74, 6) is 5.94. The van der Waals surface area contributed by atoms with E-state index >= 15 is 0 Å². The van der Waals surface area contributed by atoms with Gasteiger partial charge in [-0.25, -0.2) is 0 Å². The molecule has 2 heteroatoms. The van der Waals surface area contributed by atoms with E-state index < -0.39 is 0 Å². The van der Waals surface area contributed by atoms with Crippen molar-refractivity contribution in [2.45, 2.75) is 12.5 Å². The van der Waals surface area contributed by atoms with Gasteiger partial charge in [-0.2, -0.15) is 0 Å². The van der Waals surface area contributed by atoms with E-state index in [1.165, 1.54) is 0 Å². The molecule has 0 aromatic carbocycles. The van der Waals surface area contributed by atoms with Crippen molar-refractivity contribution in [1.82, 2.24) is 4.90 Å². The van der Waals surface area contributed by atoms with Gasteiger partial charge in [-0.3, -0.25) is 4.90 Å². The molecule has 56 valence electrons. The van der Waals surface area contributed by atoms with E-state index in [0.717, 1.165) is 13.1 Å². The molecule has 0 radical (unpaired) electrons. The highest BCUT2D eigenvalue weighted by molar-refractivity contribution is 5.20. The summed E-state index contributed by atoms with van der Waals surface area (Å²) in [5.41, 5.74) is -0.149. The molecule has 0 saturated carbocycles. The fraction of sp³-hybridized carbons (Fsp3) is 0.750. The maximum absolute atomic E-state index is 5.27. The monoisotopic (exact) mass is 139 g/mol. The zero-order chi connectivity index (χ0) is 7.61. The highest BCUT2D eigenvalue weighted by Gasteiger charge is 2.39. The van der Waals surface area contributed by atoms with E-state index in [-0.39, 0.29) is 5.60 Å². The van der Waals surface area contributed by atoms with Gasteiger partial charge in [-0.1, -0.05) is 5.92 Å². The first kappa shape index (κ1) is 7.59. The van der Waals surface area contributed by atoms with E-state index in [2.05, 4.69) is 23.8 Å². The van der Waals surface area contributed by atoms with Crippen molar-refractivity contribution in [2.24, 2.45) is 0 Å². The molecular weight excluding hydrogens is 126 g/mol. The Labute approximate surface area is 62.2 Å². The fourth-order valence-corrected chi connectivity index (χ4v) is 1.31. The molecule has 0 atom stereocenters. The molecule has 0 bridgehead atoms. The molecule has 1 heterocycles. The van der Waals surface area contributed by atoms with Gasteiger partial charge in [0, 0.05) is 20.2 Å². The fourth-order valence-electron chi connectivity index (χ4n) is 1.31. The number of ether oxygens (including phenoxy) is 1. The summed E-state index contributed by atoms with van der Waals surface area (Å²) < 4.78 is 5.27. The second-order valence-electron chi connectivity index (χ2n) is 2.75. The Bertz CT molecular complexity index is 171. The lowest BCUT2D eigenvalue weighted by Crippen LogP contribution is -2.60. The average Bonchev–Trinajstić information content (AvgIpc) is 1.84. The molecule has 1 fully saturated rings. The largest absolute Gasteiger partial charge is 0.363 e. The standard InChI is InChI=1S/C8H13NO/c1-4-5-8(10-3)6-9(2)7-8/h6-7H2,1-3H3. The van der Waals surface area contributed by atoms with Crippen LogP contribution < -0.4 is 0 Å². The first-order valence-corrected chi connectivity index (χ1v) is 3.40. The van der Waals surface area contributed by atoms with Gasteiger partial charge in [0.05, 0.1) is 0 Å². The van der Waals surface area contributed by atoms with Crippen LogP contribution in [0.5, 0.6) is 0 Å². The Hall–Kier alpha value is -0.520. The SMILES string of the molecule is CC#CC1(OC)CN(C)C1. The quantitative estimate of drug-likeness (QED) is 0.486.